The van der Waals surface area contributed by atoms with E-state index in [-0.39, 0.29) is 5.78 Å². The van der Waals surface area contributed by atoms with E-state index in [1.54, 1.807) is 30.3 Å². The summed E-state index contributed by atoms with van der Waals surface area (Å²) in [7, 11) is 0. The second kappa shape index (κ2) is 4.52. The van der Waals surface area contributed by atoms with Gasteiger partial charge in [-0.05, 0) is 0 Å². The van der Waals surface area contributed by atoms with Crippen molar-refractivity contribution in [1.29, 1.82) is 0 Å². The molecule has 18 heavy (non-hydrogen) atoms. The lowest BCUT2D eigenvalue weighted by Crippen LogP contribution is -2.31. The smallest absolute Gasteiger partial charge is 0.293 e. The summed E-state index contributed by atoms with van der Waals surface area (Å²) in [5.41, 5.74) is 0.490. The van der Waals surface area contributed by atoms with E-state index >= 15 is 0 Å². The fourth-order valence-electron chi connectivity index (χ4n) is 1.69. The molecule has 0 aliphatic heterocycles. The normalized spacial score (nSPS) is 25.9. The van der Waals surface area contributed by atoms with Crippen LogP contribution in [-0.2, 0) is 0 Å². The van der Waals surface area contributed by atoms with E-state index < -0.39 is 16.6 Å². The van der Waals surface area contributed by atoms with E-state index in [0.717, 1.165) is 12.2 Å². The second-order valence-corrected chi connectivity index (χ2v) is 3.96. The largest absolute Gasteiger partial charge is 0.397 e. The van der Waals surface area contributed by atoms with Crippen molar-refractivity contribution in [2.45, 2.75) is 5.79 Å². The zero-order valence-corrected chi connectivity index (χ0v) is 9.32. The molecule has 0 spiro atoms. The highest BCUT2D eigenvalue weighted by atomic mass is 19.1. The van der Waals surface area contributed by atoms with E-state index in [0.29, 0.717) is 5.56 Å². The van der Waals surface area contributed by atoms with Gasteiger partial charge in [-0.15, -0.1) is 0 Å². The van der Waals surface area contributed by atoms with Gasteiger partial charge in [0, 0.05) is 17.7 Å². The van der Waals surface area contributed by atoms with E-state index in [1.807, 2.05) is 0 Å². The summed E-state index contributed by atoms with van der Waals surface area (Å²) in [5, 5.41) is 10.5. The highest BCUT2D eigenvalue weighted by Gasteiger charge is 2.39. The van der Waals surface area contributed by atoms with Crippen LogP contribution < -0.4 is 0 Å². The Hall–Kier alpha value is -2.30. The van der Waals surface area contributed by atoms with Crippen molar-refractivity contribution in [3.8, 4) is 0 Å². The molecule has 1 aromatic carbocycles. The number of allylic oxidation sites excluding steroid dienone is 2. The third kappa shape index (κ3) is 2.20. The van der Waals surface area contributed by atoms with Gasteiger partial charge in [-0.3, -0.25) is 14.9 Å². The van der Waals surface area contributed by atoms with Crippen LogP contribution in [-0.4, -0.2) is 16.5 Å². The van der Waals surface area contributed by atoms with Crippen molar-refractivity contribution in [3.05, 3.63) is 70.3 Å². The molecule has 92 valence electrons. The van der Waals surface area contributed by atoms with Crippen LogP contribution in [0, 0.1) is 16.0 Å². The average Bonchev–Trinajstić information content (AvgIpc) is 2.40. The van der Waals surface area contributed by atoms with Gasteiger partial charge in [0.05, 0.1) is 10.8 Å². The molecule has 0 fully saturated rings. The Bertz CT molecular complexity index is 522. The third-order valence-corrected chi connectivity index (χ3v) is 2.72. The first kappa shape index (κ1) is 12.2. The van der Waals surface area contributed by atoms with Gasteiger partial charge in [-0.2, -0.15) is 4.39 Å². The lowest BCUT2D eigenvalue weighted by atomic mass is 9.92. The van der Waals surface area contributed by atoms with Crippen LogP contribution in [0.2, 0.25) is 0 Å². The first-order chi connectivity index (χ1) is 8.53. The quantitative estimate of drug-likeness (QED) is 0.271. The SMILES string of the molecule is O=C(c1ccccc1)C1C=CC(F)([N+](=O)[O-])C=C1. The molecule has 0 radical (unpaired) electrons. The molecule has 2 rings (SSSR count). The number of ketones is 1. The lowest BCUT2D eigenvalue weighted by molar-refractivity contribution is -0.573. The van der Waals surface area contributed by atoms with E-state index in [2.05, 4.69) is 0 Å². The van der Waals surface area contributed by atoms with Crippen molar-refractivity contribution in [1.82, 2.24) is 0 Å². The van der Waals surface area contributed by atoms with Gasteiger partial charge in [0.25, 0.3) is 0 Å². The number of alkyl halides is 1. The maximum atomic E-state index is 13.6. The summed E-state index contributed by atoms with van der Waals surface area (Å²) in [6.07, 6.45) is 4.05. The van der Waals surface area contributed by atoms with Crippen LogP contribution in [0.1, 0.15) is 10.4 Å². The van der Waals surface area contributed by atoms with Crippen molar-refractivity contribution in [3.63, 3.8) is 0 Å². The second-order valence-electron chi connectivity index (χ2n) is 3.96. The summed E-state index contributed by atoms with van der Waals surface area (Å²) in [4.78, 5) is 21.4. The van der Waals surface area contributed by atoms with Gasteiger partial charge in [0.2, 0.25) is 0 Å². The molecule has 1 aliphatic carbocycles. The number of carbonyl (C=O) groups is 1. The fraction of sp³-hybridized carbons (Fsp3) is 0.154. The molecule has 0 amide bonds. The molecule has 1 aliphatic rings. The molecule has 5 heteroatoms. The summed E-state index contributed by atoms with van der Waals surface area (Å²) >= 11 is 0. The molecule has 0 saturated heterocycles. The van der Waals surface area contributed by atoms with Crippen LogP contribution >= 0.6 is 0 Å². The van der Waals surface area contributed by atoms with Crippen molar-refractivity contribution in [2.75, 3.05) is 0 Å². The first-order valence-corrected chi connectivity index (χ1v) is 5.34. The van der Waals surface area contributed by atoms with Crippen LogP contribution in [0.15, 0.2) is 54.6 Å². The van der Waals surface area contributed by atoms with Gasteiger partial charge in [0.1, 0.15) is 0 Å². The maximum Gasteiger partial charge on any atom is 0.397 e. The minimum atomic E-state index is -2.70. The Kier molecular flexibility index (Phi) is 3.06. The zero-order chi connectivity index (χ0) is 13.2. The van der Waals surface area contributed by atoms with Crippen molar-refractivity contribution in [2.24, 2.45) is 5.92 Å². The Morgan fingerprint density at radius 3 is 2.28 bits per heavy atom. The minimum absolute atomic E-state index is 0.214. The number of benzene rings is 1. The van der Waals surface area contributed by atoms with E-state index in [9.17, 15) is 19.3 Å². The molecule has 0 unspecified atom stereocenters. The molecular formula is C13H10FNO3. The predicted molar refractivity (Wildman–Crippen MR) is 63.4 cm³/mol. The maximum absolute atomic E-state index is 13.6. The lowest BCUT2D eigenvalue weighted by Gasteiger charge is -2.15. The number of hydrogen-bond acceptors (Lipinski definition) is 3. The Labute approximate surface area is 103 Å². The predicted octanol–water partition coefficient (Wildman–Crippen LogP) is 2.55. The van der Waals surface area contributed by atoms with Gasteiger partial charge >= 0.3 is 5.79 Å². The summed E-state index contributed by atoms with van der Waals surface area (Å²) in [5.74, 6) is -3.57. The van der Waals surface area contributed by atoms with Crippen LogP contribution in [0.25, 0.3) is 0 Å². The zero-order valence-electron chi connectivity index (χ0n) is 9.32. The standard InChI is InChI=1S/C13H10FNO3/c14-13(15(17)18)8-6-11(7-9-13)12(16)10-4-2-1-3-5-10/h1-9,11H. The van der Waals surface area contributed by atoms with Crippen LogP contribution in [0.5, 0.6) is 0 Å². The number of nitrogens with zero attached hydrogens (tertiary/aromatic N) is 1. The number of rotatable bonds is 3. The molecule has 0 heterocycles. The Balaban J connectivity index is 2.18. The molecule has 0 bridgehead atoms. The highest BCUT2D eigenvalue weighted by Crippen LogP contribution is 2.25. The third-order valence-electron chi connectivity index (χ3n) is 2.72. The minimum Gasteiger partial charge on any atom is -0.293 e. The van der Waals surface area contributed by atoms with Gasteiger partial charge in [0.15, 0.2) is 5.78 Å². The van der Waals surface area contributed by atoms with Crippen LogP contribution in [0.3, 0.4) is 0 Å². The fourth-order valence-corrected chi connectivity index (χ4v) is 1.69. The average molecular weight is 247 g/mol. The molecule has 0 saturated carbocycles. The monoisotopic (exact) mass is 247 g/mol. The van der Waals surface area contributed by atoms with E-state index in [1.165, 1.54) is 12.2 Å². The molecule has 0 N–H and O–H groups in total. The molecular weight excluding hydrogens is 237 g/mol. The van der Waals surface area contributed by atoms with E-state index in [4.69, 9.17) is 0 Å². The summed E-state index contributed by atoms with van der Waals surface area (Å²) in [6.45, 7) is 0. The number of Topliss-reactive ketones (excluding diaryl/α,β-unsaturated/α-hetero) is 1. The van der Waals surface area contributed by atoms with Gasteiger partial charge < -0.3 is 0 Å². The molecule has 0 aromatic heterocycles. The number of hydrogen-bond donors (Lipinski definition) is 0. The van der Waals surface area contributed by atoms with Gasteiger partial charge in [-0.25, -0.2) is 0 Å². The highest BCUT2D eigenvalue weighted by molar-refractivity contribution is 6.00. The number of carbonyl (C=O) groups excluding carboxylic acids is 1. The van der Waals surface area contributed by atoms with Crippen LogP contribution in [0.4, 0.5) is 4.39 Å². The molecule has 1 aromatic rings. The molecule has 4 nitrogen and oxygen atoms in total. The Morgan fingerprint density at radius 2 is 1.78 bits per heavy atom. The summed E-state index contributed by atoms with van der Waals surface area (Å²) in [6, 6.07) is 8.52. The number of nitro groups is 1. The topological polar surface area (TPSA) is 60.2 Å². The van der Waals surface area contributed by atoms with Crippen molar-refractivity contribution >= 4 is 5.78 Å². The number of halogens is 1. The molecule has 0 atom stereocenters. The van der Waals surface area contributed by atoms with Crippen molar-refractivity contribution < 1.29 is 14.1 Å². The summed E-state index contributed by atoms with van der Waals surface area (Å²) < 4.78 is 13.6. The first-order valence-electron chi connectivity index (χ1n) is 5.34. The van der Waals surface area contributed by atoms with Gasteiger partial charge in [-0.1, -0.05) is 42.5 Å². The Morgan fingerprint density at radius 1 is 1.22 bits per heavy atom.